The second kappa shape index (κ2) is 14.4. The van der Waals surface area contributed by atoms with E-state index in [-0.39, 0.29) is 5.92 Å². The van der Waals surface area contributed by atoms with Crippen LogP contribution in [0.2, 0.25) is 0 Å². The maximum atomic E-state index is 6.99. The molecule has 0 amide bonds. The highest BCUT2D eigenvalue weighted by Gasteiger charge is 2.47. The summed E-state index contributed by atoms with van der Waals surface area (Å²) in [6, 6.07) is 66.4. The van der Waals surface area contributed by atoms with E-state index >= 15 is 0 Å². The molecule has 1 aliphatic carbocycles. The van der Waals surface area contributed by atoms with Crippen LogP contribution in [0, 0.1) is 5.92 Å². The Hall–Kier alpha value is -6.18. The van der Waals surface area contributed by atoms with Crippen LogP contribution in [0.4, 0.5) is 0 Å². The van der Waals surface area contributed by atoms with Crippen LogP contribution in [0.1, 0.15) is 60.1 Å². The molecule has 1 aliphatic rings. The van der Waals surface area contributed by atoms with E-state index in [0.717, 1.165) is 11.3 Å². The molecule has 0 saturated carbocycles. The molecule has 0 fully saturated rings. The maximum absolute atomic E-state index is 6.99. The molecule has 0 saturated heterocycles. The predicted octanol–water partition coefficient (Wildman–Crippen LogP) is 13.0. The standard InChI is InChI=1S/C52H45N/c1-36(2)34-37(3)50(53)35-47(42-32-30-41(31-33-42)40-28-26-39(27-29-40)38-16-7-4-8-17-38)45-23-15-25-49-51(45)46-22-13-14-24-48(46)52(49,43-18-9-5-10-19-43)44-20-11-6-12-21-44/h4-36,47H,53H2,1-3H3/b37-34+,50-35-. The average Bonchev–Trinajstić information content (AvgIpc) is 3.52. The van der Waals surface area contributed by atoms with E-state index in [4.69, 9.17) is 5.73 Å². The van der Waals surface area contributed by atoms with Crippen molar-refractivity contribution in [3.63, 3.8) is 0 Å². The van der Waals surface area contributed by atoms with Gasteiger partial charge in [-0.25, -0.2) is 0 Å². The first-order chi connectivity index (χ1) is 25.9. The van der Waals surface area contributed by atoms with Crippen LogP contribution in [-0.4, -0.2) is 0 Å². The summed E-state index contributed by atoms with van der Waals surface area (Å²) in [7, 11) is 0. The number of benzene rings is 7. The van der Waals surface area contributed by atoms with Gasteiger partial charge < -0.3 is 5.73 Å². The Kier molecular flexibility index (Phi) is 9.25. The smallest absolute Gasteiger partial charge is 0.0713 e. The molecule has 258 valence electrons. The summed E-state index contributed by atoms with van der Waals surface area (Å²) in [5.41, 5.74) is 23.4. The van der Waals surface area contributed by atoms with Crippen molar-refractivity contribution < 1.29 is 0 Å². The largest absolute Gasteiger partial charge is 0.399 e. The third-order valence-electron chi connectivity index (χ3n) is 10.8. The topological polar surface area (TPSA) is 26.0 Å². The first-order valence-corrected chi connectivity index (χ1v) is 18.7. The van der Waals surface area contributed by atoms with Gasteiger partial charge in [0.05, 0.1) is 5.41 Å². The summed E-state index contributed by atoms with van der Waals surface area (Å²) in [5, 5.41) is 0. The van der Waals surface area contributed by atoms with Crippen LogP contribution < -0.4 is 5.73 Å². The highest BCUT2D eigenvalue weighted by Crippen LogP contribution is 2.58. The number of nitrogens with two attached hydrogens (primary N) is 1. The van der Waals surface area contributed by atoms with Crippen LogP contribution in [0.3, 0.4) is 0 Å². The zero-order valence-corrected chi connectivity index (χ0v) is 30.7. The van der Waals surface area contributed by atoms with Crippen molar-refractivity contribution >= 4 is 0 Å². The Balaban J connectivity index is 1.30. The molecule has 1 nitrogen and oxygen atoms in total. The first-order valence-electron chi connectivity index (χ1n) is 18.7. The Morgan fingerprint density at radius 3 is 1.53 bits per heavy atom. The number of fused-ring (bicyclic) bond motifs is 3. The fraction of sp³-hybridized carbons (Fsp3) is 0.115. The molecular weight excluding hydrogens is 639 g/mol. The van der Waals surface area contributed by atoms with Gasteiger partial charge in [-0.3, -0.25) is 0 Å². The molecule has 1 heteroatoms. The lowest BCUT2D eigenvalue weighted by Crippen LogP contribution is -2.28. The molecule has 0 aromatic heterocycles. The second-order valence-corrected chi connectivity index (χ2v) is 14.6. The van der Waals surface area contributed by atoms with E-state index in [1.165, 1.54) is 66.8 Å². The summed E-state index contributed by atoms with van der Waals surface area (Å²) in [5.74, 6) is 0.323. The van der Waals surface area contributed by atoms with Crippen LogP contribution in [0.5, 0.6) is 0 Å². The van der Waals surface area contributed by atoms with E-state index in [2.05, 4.69) is 215 Å². The highest BCUT2D eigenvalue weighted by molar-refractivity contribution is 5.89. The molecule has 7 aromatic rings. The molecule has 0 bridgehead atoms. The molecule has 53 heavy (non-hydrogen) atoms. The van der Waals surface area contributed by atoms with E-state index in [0.29, 0.717) is 5.92 Å². The lowest BCUT2D eigenvalue weighted by molar-refractivity contribution is 0.767. The quantitative estimate of drug-likeness (QED) is 0.151. The predicted molar refractivity (Wildman–Crippen MR) is 224 cm³/mol. The fourth-order valence-corrected chi connectivity index (χ4v) is 8.42. The molecule has 8 rings (SSSR count). The van der Waals surface area contributed by atoms with Gasteiger partial charge in [0, 0.05) is 11.6 Å². The molecule has 0 aliphatic heterocycles. The molecule has 2 N–H and O–H groups in total. The third kappa shape index (κ3) is 6.23. The number of rotatable bonds is 9. The highest BCUT2D eigenvalue weighted by atomic mass is 14.6. The van der Waals surface area contributed by atoms with Crippen LogP contribution in [-0.2, 0) is 5.41 Å². The van der Waals surface area contributed by atoms with Crippen molar-refractivity contribution in [3.8, 4) is 33.4 Å². The molecule has 1 atom stereocenters. The second-order valence-electron chi connectivity index (χ2n) is 14.6. The van der Waals surface area contributed by atoms with E-state index in [1.54, 1.807) is 0 Å². The van der Waals surface area contributed by atoms with E-state index in [9.17, 15) is 0 Å². The molecule has 7 aromatic carbocycles. The molecule has 0 spiro atoms. The first kappa shape index (κ1) is 33.9. The Bertz CT molecular complexity index is 2360. The van der Waals surface area contributed by atoms with Gasteiger partial charge in [-0.2, -0.15) is 0 Å². The lowest BCUT2D eigenvalue weighted by atomic mass is 9.67. The number of hydrogen-bond acceptors (Lipinski definition) is 1. The number of hydrogen-bond donors (Lipinski definition) is 1. The van der Waals surface area contributed by atoms with Crippen molar-refractivity contribution in [2.75, 3.05) is 0 Å². The summed E-state index contributed by atoms with van der Waals surface area (Å²) >= 11 is 0. The van der Waals surface area contributed by atoms with Gasteiger partial charge in [0.25, 0.3) is 0 Å². The van der Waals surface area contributed by atoms with Crippen molar-refractivity contribution in [1.29, 1.82) is 0 Å². The van der Waals surface area contributed by atoms with Crippen LogP contribution >= 0.6 is 0 Å². The minimum atomic E-state index is -0.465. The molecular formula is C52H45N. The van der Waals surface area contributed by atoms with Gasteiger partial charge in [-0.15, -0.1) is 0 Å². The fourth-order valence-electron chi connectivity index (χ4n) is 8.42. The zero-order valence-electron chi connectivity index (χ0n) is 30.7. The average molecular weight is 684 g/mol. The SMILES string of the molecule is CC(=C\C(C)C)/C(N)=C/C(c1ccc(-c2ccc(-c3ccccc3)cc2)cc1)c1cccc2c1-c1ccccc1C2(c1ccccc1)c1ccccc1. The van der Waals surface area contributed by atoms with E-state index in [1.807, 2.05) is 0 Å². The lowest BCUT2D eigenvalue weighted by Gasteiger charge is -2.34. The zero-order chi connectivity index (χ0) is 36.4. The van der Waals surface area contributed by atoms with Gasteiger partial charge in [0.1, 0.15) is 0 Å². The van der Waals surface area contributed by atoms with Crippen molar-refractivity contribution in [1.82, 2.24) is 0 Å². The van der Waals surface area contributed by atoms with Crippen molar-refractivity contribution in [2.45, 2.75) is 32.1 Å². The van der Waals surface area contributed by atoms with Crippen molar-refractivity contribution in [3.05, 3.63) is 239 Å². The monoisotopic (exact) mass is 683 g/mol. The summed E-state index contributed by atoms with van der Waals surface area (Å²) in [6.45, 7) is 6.53. The molecule has 0 heterocycles. The minimum Gasteiger partial charge on any atom is -0.399 e. The number of allylic oxidation sites excluding steroid dienone is 3. The summed E-state index contributed by atoms with van der Waals surface area (Å²) in [6.07, 6.45) is 4.53. The van der Waals surface area contributed by atoms with Gasteiger partial charge >= 0.3 is 0 Å². The van der Waals surface area contributed by atoms with Gasteiger partial charge in [0.2, 0.25) is 0 Å². The van der Waals surface area contributed by atoms with Gasteiger partial charge in [-0.1, -0.05) is 202 Å². The van der Waals surface area contributed by atoms with Crippen LogP contribution in [0.25, 0.3) is 33.4 Å². The third-order valence-corrected chi connectivity index (χ3v) is 10.8. The van der Waals surface area contributed by atoms with Crippen LogP contribution in [0.15, 0.2) is 205 Å². The normalized spacial score (nSPS) is 14.1. The molecule has 0 radical (unpaired) electrons. The van der Waals surface area contributed by atoms with Gasteiger partial charge in [-0.05, 0) is 91.3 Å². The molecule has 1 unspecified atom stereocenters. The minimum absolute atomic E-state index is 0.0784. The summed E-state index contributed by atoms with van der Waals surface area (Å²) in [4.78, 5) is 0. The maximum Gasteiger partial charge on any atom is 0.0713 e. The summed E-state index contributed by atoms with van der Waals surface area (Å²) < 4.78 is 0. The van der Waals surface area contributed by atoms with Gasteiger partial charge in [0.15, 0.2) is 0 Å². The Morgan fingerprint density at radius 1 is 0.491 bits per heavy atom. The Labute approximate surface area is 314 Å². The van der Waals surface area contributed by atoms with Crippen molar-refractivity contribution in [2.24, 2.45) is 11.7 Å². The Morgan fingerprint density at radius 2 is 0.962 bits per heavy atom. The van der Waals surface area contributed by atoms with E-state index < -0.39 is 5.41 Å².